The summed E-state index contributed by atoms with van der Waals surface area (Å²) in [4.78, 5) is 12.0. The first-order valence-corrected chi connectivity index (χ1v) is 7.38. The lowest BCUT2D eigenvalue weighted by atomic mass is 10.1. The summed E-state index contributed by atoms with van der Waals surface area (Å²) in [7, 11) is 0. The molecule has 0 saturated heterocycles. The summed E-state index contributed by atoms with van der Waals surface area (Å²) >= 11 is 5.80. The van der Waals surface area contributed by atoms with E-state index in [1.807, 2.05) is 0 Å². The minimum atomic E-state index is -5.09. The molecule has 24 heavy (non-hydrogen) atoms. The molecule has 2 nitrogen and oxygen atoms in total. The molecule has 1 aliphatic rings. The van der Waals surface area contributed by atoms with E-state index in [1.165, 1.54) is 26.0 Å². The smallest absolute Gasteiger partial charge is 0.442 e. The summed E-state index contributed by atoms with van der Waals surface area (Å²) in [5.74, 6) is -5.60. The van der Waals surface area contributed by atoms with Gasteiger partial charge in [-0.05, 0) is 29.5 Å². The van der Waals surface area contributed by atoms with E-state index in [0.29, 0.717) is 6.08 Å². The van der Waals surface area contributed by atoms with Gasteiger partial charge in [0.1, 0.15) is 12.4 Å². The van der Waals surface area contributed by atoms with Crippen molar-refractivity contribution in [2.45, 2.75) is 26.6 Å². The molecule has 0 radical (unpaired) electrons. The maximum atomic E-state index is 13.6. The van der Waals surface area contributed by atoms with Crippen LogP contribution >= 0.6 is 11.6 Å². The molecule has 0 aromatic heterocycles. The van der Waals surface area contributed by atoms with Crippen LogP contribution in [0.25, 0.3) is 0 Å². The Kier molecular flexibility index (Phi) is 4.95. The number of hydrogen-bond acceptors (Lipinski definition) is 2. The second kappa shape index (κ2) is 6.35. The van der Waals surface area contributed by atoms with Gasteiger partial charge in [0.25, 0.3) is 0 Å². The van der Waals surface area contributed by atoms with Crippen LogP contribution in [0.2, 0.25) is 5.02 Å². The van der Waals surface area contributed by atoms with E-state index < -0.39 is 47.6 Å². The van der Waals surface area contributed by atoms with E-state index in [9.17, 15) is 26.7 Å². The lowest BCUT2D eigenvalue weighted by molar-refractivity contribution is -0.147. The standard InChI is InChI=1S/C16H14ClF5O2/c1-15(2)9(6-12(19)16(20,21)22)13(15)14(23)24-7-8-10(17)4-3-5-11(8)18/h3-6,9,13H,7H2,1-2H3/b12-6-/t9-,13-/m1/s1. The Morgan fingerprint density at radius 2 is 2.00 bits per heavy atom. The molecule has 0 spiro atoms. The molecular weight excluding hydrogens is 355 g/mol. The van der Waals surface area contributed by atoms with E-state index >= 15 is 0 Å². The highest BCUT2D eigenvalue weighted by atomic mass is 35.5. The summed E-state index contributed by atoms with van der Waals surface area (Å²) in [6, 6.07) is 3.94. The molecular formula is C16H14ClF5O2. The van der Waals surface area contributed by atoms with E-state index in [4.69, 9.17) is 16.3 Å². The van der Waals surface area contributed by atoms with Gasteiger partial charge in [0, 0.05) is 5.56 Å². The van der Waals surface area contributed by atoms with Gasteiger partial charge in [-0.3, -0.25) is 4.79 Å². The van der Waals surface area contributed by atoms with E-state index in [-0.39, 0.29) is 10.6 Å². The van der Waals surface area contributed by atoms with Gasteiger partial charge in [0.05, 0.1) is 10.9 Å². The number of ether oxygens (including phenoxy) is 1. The molecule has 2 atom stereocenters. The van der Waals surface area contributed by atoms with E-state index in [1.54, 1.807) is 0 Å². The Bertz CT molecular complexity index is 661. The molecule has 132 valence electrons. The Balaban J connectivity index is 2.06. The molecule has 1 aromatic carbocycles. The zero-order valence-electron chi connectivity index (χ0n) is 12.8. The normalized spacial score (nSPS) is 23.1. The van der Waals surface area contributed by atoms with Crippen LogP contribution in [-0.2, 0) is 16.1 Å². The fourth-order valence-electron chi connectivity index (χ4n) is 2.59. The number of rotatable bonds is 4. The molecule has 2 rings (SSSR count). The third kappa shape index (κ3) is 3.71. The van der Waals surface area contributed by atoms with Gasteiger partial charge in [-0.1, -0.05) is 31.5 Å². The average Bonchev–Trinajstić information content (AvgIpc) is 2.98. The first kappa shape index (κ1) is 18.7. The number of hydrogen-bond donors (Lipinski definition) is 0. The van der Waals surface area contributed by atoms with Gasteiger partial charge < -0.3 is 4.74 Å². The number of carbonyl (C=O) groups excluding carboxylic acids is 1. The van der Waals surface area contributed by atoms with Crippen molar-refractivity contribution in [1.82, 2.24) is 0 Å². The summed E-state index contributed by atoms with van der Waals surface area (Å²) in [5.41, 5.74) is -0.904. The number of alkyl halides is 3. The highest BCUT2D eigenvalue weighted by molar-refractivity contribution is 6.31. The number of allylic oxidation sites excluding steroid dienone is 2. The highest BCUT2D eigenvalue weighted by Gasteiger charge is 2.62. The molecule has 1 aliphatic carbocycles. The third-order valence-electron chi connectivity index (χ3n) is 4.18. The van der Waals surface area contributed by atoms with Crippen LogP contribution in [-0.4, -0.2) is 12.1 Å². The Hall–Kier alpha value is -1.63. The van der Waals surface area contributed by atoms with Crippen molar-refractivity contribution >= 4 is 17.6 Å². The molecule has 0 N–H and O–H groups in total. The number of halogens is 6. The Morgan fingerprint density at radius 3 is 2.54 bits per heavy atom. The van der Waals surface area contributed by atoms with Crippen LogP contribution in [0.4, 0.5) is 22.0 Å². The fraction of sp³-hybridized carbons (Fsp3) is 0.438. The summed E-state index contributed by atoms with van der Waals surface area (Å²) in [6.45, 7) is 2.61. The zero-order chi connectivity index (χ0) is 18.3. The van der Waals surface area contributed by atoms with Crippen molar-refractivity contribution in [3.63, 3.8) is 0 Å². The van der Waals surface area contributed by atoms with Crippen molar-refractivity contribution < 1.29 is 31.5 Å². The zero-order valence-corrected chi connectivity index (χ0v) is 13.5. The predicted molar refractivity (Wildman–Crippen MR) is 77.2 cm³/mol. The SMILES string of the molecule is CC1(C)[C@H](/C=C(\F)C(F)(F)F)[C@@H]1C(=O)OCc1c(F)cccc1Cl. The third-order valence-corrected chi connectivity index (χ3v) is 4.54. The second-order valence-corrected chi connectivity index (χ2v) is 6.55. The quantitative estimate of drug-likeness (QED) is 0.538. The minimum Gasteiger partial charge on any atom is -0.460 e. The van der Waals surface area contributed by atoms with Gasteiger partial charge in [0.2, 0.25) is 0 Å². The van der Waals surface area contributed by atoms with Crippen LogP contribution in [0.3, 0.4) is 0 Å². The van der Waals surface area contributed by atoms with Crippen LogP contribution < -0.4 is 0 Å². The monoisotopic (exact) mass is 368 g/mol. The van der Waals surface area contributed by atoms with Crippen molar-refractivity contribution in [3.8, 4) is 0 Å². The maximum Gasteiger partial charge on any atom is 0.442 e. The molecule has 0 aliphatic heterocycles. The largest absolute Gasteiger partial charge is 0.460 e. The first-order valence-electron chi connectivity index (χ1n) is 7.00. The summed E-state index contributed by atoms with van der Waals surface area (Å²) in [5, 5.41) is 0.0671. The van der Waals surface area contributed by atoms with Crippen LogP contribution in [0.5, 0.6) is 0 Å². The Morgan fingerprint density at radius 1 is 1.38 bits per heavy atom. The molecule has 0 bridgehead atoms. The molecule has 1 saturated carbocycles. The molecule has 0 amide bonds. The predicted octanol–water partition coefficient (Wildman–Crippen LogP) is 5.21. The van der Waals surface area contributed by atoms with Crippen LogP contribution in [0, 0.1) is 23.1 Å². The topological polar surface area (TPSA) is 26.3 Å². The maximum absolute atomic E-state index is 13.6. The minimum absolute atomic E-state index is 0.0282. The van der Waals surface area contributed by atoms with Crippen LogP contribution in [0.1, 0.15) is 19.4 Å². The van der Waals surface area contributed by atoms with Gasteiger partial charge in [-0.25, -0.2) is 8.78 Å². The number of carbonyl (C=O) groups is 1. The summed E-state index contributed by atoms with van der Waals surface area (Å²) in [6.07, 6.45) is -4.70. The lowest BCUT2D eigenvalue weighted by Crippen LogP contribution is -2.12. The molecule has 8 heteroatoms. The lowest BCUT2D eigenvalue weighted by Gasteiger charge is -2.08. The van der Waals surface area contributed by atoms with Crippen molar-refractivity contribution in [2.75, 3.05) is 0 Å². The molecule has 0 heterocycles. The highest BCUT2D eigenvalue weighted by Crippen LogP contribution is 2.60. The van der Waals surface area contributed by atoms with Gasteiger partial charge in [-0.15, -0.1) is 0 Å². The average molecular weight is 369 g/mol. The van der Waals surface area contributed by atoms with Crippen molar-refractivity contribution in [1.29, 1.82) is 0 Å². The van der Waals surface area contributed by atoms with E-state index in [2.05, 4.69) is 0 Å². The van der Waals surface area contributed by atoms with Crippen molar-refractivity contribution in [3.05, 3.63) is 46.5 Å². The second-order valence-electron chi connectivity index (χ2n) is 6.15. The van der Waals surface area contributed by atoms with Gasteiger partial charge in [0.15, 0.2) is 5.83 Å². The summed E-state index contributed by atoms with van der Waals surface area (Å²) < 4.78 is 68.4. The number of esters is 1. The van der Waals surface area contributed by atoms with Gasteiger partial charge in [-0.2, -0.15) is 13.2 Å². The van der Waals surface area contributed by atoms with Crippen molar-refractivity contribution in [2.24, 2.45) is 17.3 Å². The molecule has 1 fully saturated rings. The van der Waals surface area contributed by atoms with Crippen LogP contribution in [0.15, 0.2) is 30.1 Å². The van der Waals surface area contributed by atoms with E-state index in [0.717, 1.165) is 6.07 Å². The molecule has 1 aromatic rings. The fourth-order valence-corrected chi connectivity index (χ4v) is 2.81. The Labute approximate surface area is 140 Å². The van der Waals surface area contributed by atoms with Gasteiger partial charge >= 0.3 is 12.1 Å². The number of benzene rings is 1. The molecule has 0 unspecified atom stereocenters. The first-order chi connectivity index (χ1) is 11.0.